The van der Waals surface area contributed by atoms with Crippen molar-refractivity contribution in [3.05, 3.63) is 78.2 Å². The van der Waals surface area contributed by atoms with Crippen LogP contribution in [0.15, 0.2) is 55.4 Å². The molecule has 188 valence electrons. The standard InChI is InChI=1S/C26H26N8O3/c1-16-29-15-34(31-16)25-23-22(21(37-2)13-28-25)18(12-27-23)24(35)26(36)32-10-8-19-20(9-11-32)33(14-30-19)17-6-4-3-5-7-17/h3-7,12-15,24,27,35H,8-11H2,1-2H3. The summed E-state index contributed by atoms with van der Waals surface area (Å²) in [7, 11) is 1.53. The van der Waals surface area contributed by atoms with E-state index in [1.54, 1.807) is 35.2 Å². The molecule has 6 rings (SSSR count). The van der Waals surface area contributed by atoms with E-state index >= 15 is 0 Å². The first kappa shape index (κ1) is 22.9. The fourth-order valence-electron chi connectivity index (χ4n) is 4.94. The van der Waals surface area contributed by atoms with E-state index in [0.29, 0.717) is 59.8 Å². The lowest BCUT2D eigenvalue weighted by atomic mass is 10.1. The number of aliphatic hydroxyl groups excluding tert-OH is 1. The number of aromatic nitrogens is 7. The van der Waals surface area contributed by atoms with Gasteiger partial charge in [0.2, 0.25) is 0 Å². The van der Waals surface area contributed by atoms with Crippen molar-refractivity contribution in [3.63, 3.8) is 0 Å². The number of hydrogen-bond donors (Lipinski definition) is 2. The molecule has 11 heteroatoms. The number of methoxy groups -OCH3 is 1. The Kier molecular flexibility index (Phi) is 5.68. The highest BCUT2D eigenvalue weighted by molar-refractivity contribution is 5.97. The summed E-state index contributed by atoms with van der Waals surface area (Å²) in [4.78, 5) is 31.6. The lowest BCUT2D eigenvalue weighted by Crippen LogP contribution is -2.37. The van der Waals surface area contributed by atoms with Crippen molar-refractivity contribution in [2.24, 2.45) is 0 Å². The van der Waals surface area contributed by atoms with E-state index in [4.69, 9.17) is 4.74 Å². The van der Waals surface area contributed by atoms with Crippen LogP contribution >= 0.6 is 0 Å². The molecule has 0 saturated carbocycles. The topological polar surface area (TPSA) is 127 Å². The smallest absolute Gasteiger partial charge is 0.256 e. The highest BCUT2D eigenvalue weighted by atomic mass is 16.5. The van der Waals surface area contributed by atoms with Crippen LogP contribution in [0.4, 0.5) is 0 Å². The van der Waals surface area contributed by atoms with Gasteiger partial charge in [-0.25, -0.2) is 19.6 Å². The summed E-state index contributed by atoms with van der Waals surface area (Å²) in [6.45, 7) is 2.74. The van der Waals surface area contributed by atoms with Crippen molar-refractivity contribution in [2.75, 3.05) is 20.2 Å². The second-order valence-electron chi connectivity index (χ2n) is 8.95. The number of benzene rings is 1. The van der Waals surface area contributed by atoms with Crippen molar-refractivity contribution >= 4 is 16.8 Å². The van der Waals surface area contributed by atoms with Gasteiger partial charge in [0.1, 0.15) is 17.9 Å². The molecule has 1 aliphatic heterocycles. The van der Waals surface area contributed by atoms with E-state index in [2.05, 4.69) is 29.6 Å². The maximum atomic E-state index is 13.5. The molecular formula is C26H26N8O3. The maximum absolute atomic E-state index is 13.5. The zero-order valence-corrected chi connectivity index (χ0v) is 20.5. The fourth-order valence-corrected chi connectivity index (χ4v) is 4.94. The zero-order valence-electron chi connectivity index (χ0n) is 20.5. The number of amides is 1. The van der Waals surface area contributed by atoms with Gasteiger partial charge in [-0.15, -0.1) is 0 Å². The number of pyridine rings is 1. The first-order chi connectivity index (χ1) is 18.0. The zero-order chi connectivity index (χ0) is 25.5. The van der Waals surface area contributed by atoms with Gasteiger partial charge in [0.25, 0.3) is 5.91 Å². The van der Waals surface area contributed by atoms with E-state index in [1.165, 1.54) is 7.11 Å². The Bertz CT molecular complexity index is 1590. The molecule has 0 bridgehead atoms. The minimum Gasteiger partial charge on any atom is -0.494 e. The minimum absolute atomic E-state index is 0.366. The molecule has 0 saturated heterocycles. The lowest BCUT2D eigenvalue weighted by molar-refractivity contribution is -0.140. The SMILES string of the molecule is COc1cnc(-n2cnc(C)n2)c2[nH]cc(C(O)C(=O)N3CCc4ncn(-c5ccccc5)c4CC3)c12. The van der Waals surface area contributed by atoms with Crippen LogP contribution in [0.1, 0.15) is 28.9 Å². The number of para-hydroxylation sites is 1. The van der Waals surface area contributed by atoms with Gasteiger partial charge in [-0.3, -0.25) is 4.79 Å². The van der Waals surface area contributed by atoms with E-state index in [9.17, 15) is 9.90 Å². The van der Waals surface area contributed by atoms with Crippen LogP contribution in [0.3, 0.4) is 0 Å². The summed E-state index contributed by atoms with van der Waals surface area (Å²) in [5.41, 5.74) is 4.11. The van der Waals surface area contributed by atoms with Crippen LogP contribution in [0, 0.1) is 6.92 Å². The second kappa shape index (κ2) is 9.17. The van der Waals surface area contributed by atoms with Gasteiger partial charge in [0, 0.05) is 49.1 Å². The number of H-pyrrole nitrogens is 1. The number of nitrogens with zero attached hydrogens (tertiary/aromatic N) is 7. The average molecular weight is 499 g/mol. The number of ether oxygens (including phenoxy) is 1. The van der Waals surface area contributed by atoms with Crippen LogP contribution < -0.4 is 4.74 Å². The summed E-state index contributed by atoms with van der Waals surface area (Å²) < 4.78 is 9.15. The number of carbonyl (C=O) groups is 1. The van der Waals surface area contributed by atoms with Gasteiger partial charge in [0.15, 0.2) is 11.9 Å². The number of fused-ring (bicyclic) bond motifs is 2. The van der Waals surface area contributed by atoms with Gasteiger partial charge < -0.3 is 24.3 Å². The Balaban J connectivity index is 1.28. The molecule has 4 aromatic heterocycles. The molecule has 5 heterocycles. The van der Waals surface area contributed by atoms with Crippen LogP contribution in [0.5, 0.6) is 5.75 Å². The number of aromatic amines is 1. The second-order valence-corrected chi connectivity index (χ2v) is 8.95. The predicted molar refractivity (Wildman–Crippen MR) is 135 cm³/mol. The highest BCUT2D eigenvalue weighted by Crippen LogP contribution is 2.35. The number of rotatable bonds is 5. The van der Waals surface area contributed by atoms with E-state index in [-0.39, 0.29) is 5.91 Å². The molecular weight excluding hydrogens is 472 g/mol. The molecule has 37 heavy (non-hydrogen) atoms. The molecule has 1 aromatic carbocycles. The number of carbonyl (C=O) groups excluding carboxylic acids is 1. The molecule has 0 fully saturated rings. The van der Waals surface area contributed by atoms with E-state index in [0.717, 1.165) is 17.1 Å². The predicted octanol–water partition coefficient (Wildman–Crippen LogP) is 2.31. The van der Waals surface area contributed by atoms with Crippen molar-refractivity contribution in [3.8, 4) is 17.3 Å². The summed E-state index contributed by atoms with van der Waals surface area (Å²) in [6, 6.07) is 10.0. The fraction of sp³-hybridized carbons (Fsp3) is 0.269. The minimum atomic E-state index is -1.38. The maximum Gasteiger partial charge on any atom is 0.256 e. The van der Waals surface area contributed by atoms with E-state index < -0.39 is 6.10 Å². The quantitative estimate of drug-likeness (QED) is 0.381. The average Bonchev–Trinajstić information content (AvgIpc) is 3.63. The Morgan fingerprint density at radius 2 is 1.92 bits per heavy atom. The van der Waals surface area contributed by atoms with Crippen LogP contribution in [0.2, 0.25) is 0 Å². The van der Waals surface area contributed by atoms with Crippen LogP contribution in [0.25, 0.3) is 22.4 Å². The van der Waals surface area contributed by atoms with Crippen LogP contribution in [-0.2, 0) is 17.6 Å². The monoisotopic (exact) mass is 498 g/mol. The third-order valence-electron chi connectivity index (χ3n) is 6.79. The first-order valence-electron chi connectivity index (χ1n) is 12.0. The summed E-state index contributed by atoms with van der Waals surface area (Å²) >= 11 is 0. The van der Waals surface area contributed by atoms with Gasteiger partial charge >= 0.3 is 0 Å². The molecule has 1 amide bonds. The summed E-state index contributed by atoms with van der Waals surface area (Å²) in [6.07, 6.45) is 6.46. The number of aliphatic hydroxyl groups is 1. The van der Waals surface area contributed by atoms with E-state index in [1.807, 2.05) is 36.7 Å². The van der Waals surface area contributed by atoms with Crippen molar-refractivity contribution < 1.29 is 14.6 Å². The first-order valence-corrected chi connectivity index (χ1v) is 12.0. The number of aryl methyl sites for hydroxylation is 1. The van der Waals surface area contributed by atoms with Crippen molar-refractivity contribution in [1.29, 1.82) is 0 Å². The summed E-state index contributed by atoms with van der Waals surface area (Å²) in [5.74, 6) is 1.18. The normalized spacial score (nSPS) is 14.4. The molecule has 0 spiro atoms. The third kappa shape index (κ3) is 3.93. The molecule has 5 aromatic rings. The Labute approximate surface area is 212 Å². The molecule has 1 atom stereocenters. The Morgan fingerprint density at radius 1 is 1.11 bits per heavy atom. The molecule has 0 aliphatic carbocycles. The van der Waals surface area contributed by atoms with Crippen molar-refractivity contribution in [2.45, 2.75) is 25.9 Å². The lowest BCUT2D eigenvalue weighted by Gasteiger charge is -2.23. The number of hydrogen-bond acceptors (Lipinski definition) is 7. The highest BCUT2D eigenvalue weighted by Gasteiger charge is 2.30. The number of nitrogens with one attached hydrogen (secondary N) is 1. The summed E-state index contributed by atoms with van der Waals surface area (Å²) in [5, 5.41) is 16.2. The largest absolute Gasteiger partial charge is 0.494 e. The van der Waals surface area contributed by atoms with Gasteiger partial charge in [-0.1, -0.05) is 18.2 Å². The van der Waals surface area contributed by atoms with Crippen molar-refractivity contribution in [1.82, 2.24) is 39.2 Å². The number of imidazole rings is 1. The molecule has 11 nitrogen and oxygen atoms in total. The van der Waals surface area contributed by atoms with Gasteiger partial charge in [0.05, 0.1) is 36.2 Å². The molecule has 1 aliphatic rings. The molecule has 0 radical (unpaired) electrons. The molecule has 2 N–H and O–H groups in total. The van der Waals surface area contributed by atoms with Gasteiger partial charge in [-0.05, 0) is 19.1 Å². The Morgan fingerprint density at radius 3 is 2.68 bits per heavy atom. The van der Waals surface area contributed by atoms with Crippen LogP contribution in [-0.4, -0.2) is 70.4 Å². The molecule has 1 unspecified atom stereocenters. The Hall–Kier alpha value is -4.51. The van der Waals surface area contributed by atoms with Gasteiger partial charge in [-0.2, -0.15) is 5.10 Å². The third-order valence-corrected chi connectivity index (χ3v) is 6.79.